The van der Waals surface area contributed by atoms with Crippen LogP contribution in [0.2, 0.25) is 0 Å². The molecule has 0 aromatic rings. The number of nitrogens with one attached hydrogen (secondary N) is 1. The summed E-state index contributed by atoms with van der Waals surface area (Å²) in [7, 11) is 0. The highest BCUT2D eigenvalue weighted by Gasteiger charge is 2.50. The quantitative estimate of drug-likeness (QED) is 0.771. The second-order valence-electron chi connectivity index (χ2n) is 5.29. The van der Waals surface area contributed by atoms with Gasteiger partial charge in [-0.3, -0.25) is 0 Å². The fourth-order valence-electron chi connectivity index (χ4n) is 3.53. The summed E-state index contributed by atoms with van der Waals surface area (Å²) < 4.78 is 5.71. The van der Waals surface area contributed by atoms with Gasteiger partial charge in [0.2, 0.25) is 0 Å². The average Bonchev–Trinajstić information content (AvgIpc) is 2.19. The molecular formula is C13H25NO. The zero-order chi connectivity index (χ0) is 10.7. The zero-order valence-electron chi connectivity index (χ0n) is 10.2. The van der Waals surface area contributed by atoms with Crippen molar-refractivity contribution in [1.29, 1.82) is 0 Å². The van der Waals surface area contributed by atoms with Gasteiger partial charge in [0.05, 0.1) is 6.10 Å². The van der Waals surface area contributed by atoms with Crippen molar-refractivity contribution in [2.24, 2.45) is 11.3 Å². The molecule has 0 aromatic carbocycles. The van der Waals surface area contributed by atoms with Gasteiger partial charge < -0.3 is 10.1 Å². The first-order valence-electron chi connectivity index (χ1n) is 6.63. The molecule has 1 unspecified atom stereocenters. The summed E-state index contributed by atoms with van der Waals surface area (Å²) in [4.78, 5) is 0. The van der Waals surface area contributed by atoms with Gasteiger partial charge in [-0.1, -0.05) is 13.3 Å². The van der Waals surface area contributed by atoms with E-state index >= 15 is 0 Å². The van der Waals surface area contributed by atoms with E-state index in [-0.39, 0.29) is 0 Å². The van der Waals surface area contributed by atoms with Gasteiger partial charge in [-0.2, -0.15) is 0 Å². The van der Waals surface area contributed by atoms with Crippen molar-refractivity contribution in [3.8, 4) is 0 Å². The third-order valence-electron chi connectivity index (χ3n) is 4.36. The van der Waals surface area contributed by atoms with Crippen molar-refractivity contribution in [1.82, 2.24) is 5.32 Å². The van der Waals surface area contributed by atoms with Crippen LogP contribution in [0.25, 0.3) is 0 Å². The Balaban J connectivity index is 1.88. The lowest BCUT2D eigenvalue weighted by Crippen LogP contribution is -2.54. The predicted octanol–water partition coefficient (Wildman–Crippen LogP) is 2.58. The monoisotopic (exact) mass is 211 g/mol. The minimum atomic E-state index is 0.576. The molecule has 2 aliphatic rings. The van der Waals surface area contributed by atoms with Crippen LogP contribution in [0.4, 0.5) is 0 Å². The molecule has 2 heteroatoms. The SMILES string of the molecule is CCCC1CNCCC12CC(OCC)C2. The number of ether oxygens (including phenoxy) is 1. The molecule has 0 bridgehead atoms. The Morgan fingerprint density at radius 3 is 2.80 bits per heavy atom. The molecule has 1 saturated carbocycles. The van der Waals surface area contributed by atoms with Gasteiger partial charge in [-0.15, -0.1) is 0 Å². The van der Waals surface area contributed by atoms with Crippen LogP contribution in [-0.2, 0) is 4.74 Å². The molecular weight excluding hydrogens is 186 g/mol. The second kappa shape index (κ2) is 4.84. The summed E-state index contributed by atoms with van der Waals surface area (Å²) in [5, 5.41) is 3.55. The van der Waals surface area contributed by atoms with Crippen molar-refractivity contribution in [2.75, 3.05) is 19.7 Å². The molecule has 1 saturated heterocycles. The van der Waals surface area contributed by atoms with E-state index in [1.54, 1.807) is 0 Å². The van der Waals surface area contributed by atoms with Gasteiger partial charge in [-0.25, -0.2) is 0 Å². The van der Waals surface area contributed by atoms with E-state index in [1.807, 2.05) is 0 Å². The molecule has 88 valence electrons. The first kappa shape index (κ1) is 11.4. The van der Waals surface area contributed by atoms with Gasteiger partial charge in [-0.05, 0) is 57.0 Å². The van der Waals surface area contributed by atoms with Crippen molar-refractivity contribution < 1.29 is 4.74 Å². The number of rotatable bonds is 4. The van der Waals surface area contributed by atoms with Crippen molar-refractivity contribution in [3.05, 3.63) is 0 Å². The van der Waals surface area contributed by atoms with Crippen LogP contribution in [0.5, 0.6) is 0 Å². The number of hydrogen-bond acceptors (Lipinski definition) is 2. The lowest BCUT2D eigenvalue weighted by atomic mass is 9.55. The molecule has 15 heavy (non-hydrogen) atoms. The van der Waals surface area contributed by atoms with Crippen LogP contribution in [0.3, 0.4) is 0 Å². The zero-order valence-corrected chi connectivity index (χ0v) is 10.2. The average molecular weight is 211 g/mol. The first-order valence-corrected chi connectivity index (χ1v) is 6.63. The van der Waals surface area contributed by atoms with E-state index in [0.29, 0.717) is 11.5 Å². The van der Waals surface area contributed by atoms with Crippen LogP contribution in [0.15, 0.2) is 0 Å². The Bertz CT molecular complexity index is 197. The molecule has 1 heterocycles. The van der Waals surface area contributed by atoms with E-state index in [9.17, 15) is 0 Å². The van der Waals surface area contributed by atoms with E-state index in [0.717, 1.165) is 12.5 Å². The largest absolute Gasteiger partial charge is 0.378 e. The molecule has 2 fully saturated rings. The summed E-state index contributed by atoms with van der Waals surface area (Å²) in [5.41, 5.74) is 0.654. The molecule has 1 aliphatic heterocycles. The highest BCUT2D eigenvalue weighted by Crippen LogP contribution is 2.53. The highest BCUT2D eigenvalue weighted by molar-refractivity contribution is 5.01. The first-order chi connectivity index (χ1) is 7.30. The molecule has 0 radical (unpaired) electrons. The molecule has 2 rings (SSSR count). The minimum absolute atomic E-state index is 0.576. The van der Waals surface area contributed by atoms with Crippen LogP contribution in [-0.4, -0.2) is 25.8 Å². The fraction of sp³-hybridized carbons (Fsp3) is 1.00. The van der Waals surface area contributed by atoms with Gasteiger partial charge in [0, 0.05) is 6.61 Å². The molecule has 0 amide bonds. The minimum Gasteiger partial charge on any atom is -0.378 e. The third kappa shape index (κ3) is 2.21. The van der Waals surface area contributed by atoms with E-state index in [4.69, 9.17) is 4.74 Å². The Kier molecular flexibility index (Phi) is 3.68. The van der Waals surface area contributed by atoms with Gasteiger partial charge in [0.1, 0.15) is 0 Å². The van der Waals surface area contributed by atoms with Crippen LogP contribution >= 0.6 is 0 Å². The molecule has 1 N–H and O–H groups in total. The molecule has 0 aromatic heterocycles. The van der Waals surface area contributed by atoms with Crippen LogP contribution < -0.4 is 5.32 Å². The standard InChI is InChI=1S/C13H25NO/c1-3-5-11-10-14-7-6-13(11)8-12(9-13)15-4-2/h11-12,14H,3-10H2,1-2H3. The van der Waals surface area contributed by atoms with Gasteiger partial charge in [0.15, 0.2) is 0 Å². The van der Waals surface area contributed by atoms with Crippen molar-refractivity contribution in [2.45, 2.75) is 52.1 Å². The lowest BCUT2D eigenvalue weighted by molar-refractivity contribution is -0.118. The lowest BCUT2D eigenvalue weighted by Gasteiger charge is -2.55. The fourth-order valence-corrected chi connectivity index (χ4v) is 3.53. The molecule has 1 aliphatic carbocycles. The van der Waals surface area contributed by atoms with Crippen molar-refractivity contribution >= 4 is 0 Å². The maximum absolute atomic E-state index is 5.71. The van der Waals surface area contributed by atoms with E-state index in [2.05, 4.69) is 19.2 Å². The van der Waals surface area contributed by atoms with E-state index < -0.39 is 0 Å². The summed E-state index contributed by atoms with van der Waals surface area (Å²) >= 11 is 0. The summed E-state index contributed by atoms with van der Waals surface area (Å²) in [5.74, 6) is 0.910. The molecule has 2 nitrogen and oxygen atoms in total. The summed E-state index contributed by atoms with van der Waals surface area (Å²) in [6.07, 6.45) is 7.33. The second-order valence-corrected chi connectivity index (χ2v) is 5.29. The topological polar surface area (TPSA) is 21.3 Å². The van der Waals surface area contributed by atoms with Gasteiger partial charge >= 0.3 is 0 Å². The number of hydrogen-bond donors (Lipinski definition) is 1. The number of piperidine rings is 1. The maximum Gasteiger partial charge on any atom is 0.0585 e. The summed E-state index contributed by atoms with van der Waals surface area (Å²) in [6, 6.07) is 0. The van der Waals surface area contributed by atoms with Crippen molar-refractivity contribution in [3.63, 3.8) is 0 Å². The molecule has 1 spiro atoms. The normalized spacial score (nSPS) is 40.4. The predicted molar refractivity (Wildman–Crippen MR) is 63.0 cm³/mol. The third-order valence-corrected chi connectivity index (χ3v) is 4.36. The Hall–Kier alpha value is -0.0800. The smallest absolute Gasteiger partial charge is 0.0585 e. The molecule has 1 atom stereocenters. The highest BCUT2D eigenvalue weighted by atomic mass is 16.5. The Morgan fingerprint density at radius 1 is 1.33 bits per heavy atom. The summed E-state index contributed by atoms with van der Waals surface area (Å²) in [6.45, 7) is 7.77. The maximum atomic E-state index is 5.71. The Morgan fingerprint density at radius 2 is 2.13 bits per heavy atom. The van der Waals surface area contributed by atoms with Gasteiger partial charge in [0.25, 0.3) is 0 Å². The Labute approximate surface area is 93.8 Å². The van der Waals surface area contributed by atoms with Crippen LogP contribution in [0.1, 0.15) is 46.0 Å². The van der Waals surface area contributed by atoms with E-state index in [1.165, 1.54) is 45.2 Å². The van der Waals surface area contributed by atoms with Crippen LogP contribution in [0, 0.1) is 11.3 Å².